The number of hydrogen-bond donors (Lipinski definition) is 1. The summed E-state index contributed by atoms with van der Waals surface area (Å²) < 4.78 is 0. The molecule has 1 aliphatic heterocycles. The van der Waals surface area contributed by atoms with Crippen LogP contribution in [0.25, 0.3) is 0 Å². The Labute approximate surface area is 139 Å². The van der Waals surface area contributed by atoms with E-state index in [1.165, 1.54) is 5.56 Å². The fourth-order valence-electron chi connectivity index (χ4n) is 3.49. The molecule has 1 saturated heterocycles. The Morgan fingerprint density at radius 3 is 2.52 bits per heavy atom. The molecule has 3 rings (SSSR count). The first-order valence-corrected chi connectivity index (χ1v) is 8.90. The Kier molecular flexibility index (Phi) is 5.02. The van der Waals surface area contributed by atoms with Gasteiger partial charge >= 0.3 is 0 Å². The Bertz CT molecular complexity index is 527. The van der Waals surface area contributed by atoms with Gasteiger partial charge in [0, 0.05) is 31.7 Å². The van der Waals surface area contributed by atoms with Crippen molar-refractivity contribution < 1.29 is 4.79 Å². The van der Waals surface area contributed by atoms with Crippen molar-refractivity contribution in [2.75, 3.05) is 13.1 Å². The maximum Gasteiger partial charge on any atom is 0.240 e. The highest BCUT2D eigenvalue weighted by Gasteiger charge is 2.41. The summed E-state index contributed by atoms with van der Waals surface area (Å²) in [7, 11) is 0. The molecule has 23 heavy (non-hydrogen) atoms. The lowest BCUT2D eigenvalue weighted by atomic mass is 10.0. The summed E-state index contributed by atoms with van der Waals surface area (Å²) in [5.41, 5.74) is 7.49. The van der Waals surface area contributed by atoms with E-state index in [2.05, 4.69) is 40.1 Å². The minimum Gasteiger partial charge on any atom is -0.334 e. The van der Waals surface area contributed by atoms with Gasteiger partial charge in [-0.3, -0.25) is 9.69 Å². The molecule has 1 saturated carbocycles. The molecule has 0 bridgehead atoms. The highest BCUT2D eigenvalue weighted by atomic mass is 16.2. The van der Waals surface area contributed by atoms with Crippen molar-refractivity contribution in [1.82, 2.24) is 9.80 Å². The summed E-state index contributed by atoms with van der Waals surface area (Å²) >= 11 is 0. The van der Waals surface area contributed by atoms with Crippen LogP contribution in [0.5, 0.6) is 0 Å². The van der Waals surface area contributed by atoms with Crippen LogP contribution in [0.4, 0.5) is 0 Å². The van der Waals surface area contributed by atoms with Crippen molar-refractivity contribution in [3.8, 4) is 0 Å². The van der Waals surface area contributed by atoms with Gasteiger partial charge in [-0.15, -0.1) is 0 Å². The number of carbonyl (C=O) groups is 1. The van der Waals surface area contributed by atoms with Crippen molar-refractivity contribution in [2.45, 2.75) is 57.8 Å². The molecule has 2 N–H and O–H groups in total. The predicted molar refractivity (Wildman–Crippen MR) is 92.8 cm³/mol. The number of likely N-dealkylation sites (tertiary alicyclic amines) is 1. The first-order valence-electron chi connectivity index (χ1n) is 8.90. The van der Waals surface area contributed by atoms with E-state index in [0.717, 1.165) is 38.9 Å². The van der Waals surface area contributed by atoms with Crippen molar-refractivity contribution in [3.05, 3.63) is 35.9 Å². The van der Waals surface area contributed by atoms with Crippen LogP contribution in [0.1, 0.15) is 38.7 Å². The third-order valence-electron chi connectivity index (χ3n) is 5.09. The normalized spacial score (nSPS) is 23.2. The van der Waals surface area contributed by atoms with Gasteiger partial charge in [0.05, 0.1) is 6.04 Å². The molecule has 0 unspecified atom stereocenters. The van der Waals surface area contributed by atoms with E-state index in [9.17, 15) is 4.79 Å². The molecular formula is C19H29N3O. The minimum atomic E-state index is -0.362. The summed E-state index contributed by atoms with van der Waals surface area (Å²) in [5.74, 6) is 0.361. The second kappa shape index (κ2) is 7.02. The van der Waals surface area contributed by atoms with Gasteiger partial charge in [0.15, 0.2) is 0 Å². The first kappa shape index (κ1) is 16.5. The molecule has 1 amide bonds. The number of amides is 1. The molecular weight excluding hydrogens is 286 g/mol. The highest BCUT2D eigenvalue weighted by molar-refractivity contribution is 5.83. The number of rotatable bonds is 6. The van der Waals surface area contributed by atoms with Gasteiger partial charge in [-0.25, -0.2) is 0 Å². The molecule has 1 aliphatic carbocycles. The van der Waals surface area contributed by atoms with Crippen LogP contribution in [0.15, 0.2) is 30.3 Å². The molecule has 2 aliphatic rings. The summed E-state index contributed by atoms with van der Waals surface area (Å²) in [6.45, 7) is 7.07. The van der Waals surface area contributed by atoms with E-state index in [-0.39, 0.29) is 17.9 Å². The third kappa shape index (κ3) is 3.93. The van der Waals surface area contributed by atoms with E-state index in [4.69, 9.17) is 5.73 Å². The quantitative estimate of drug-likeness (QED) is 0.876. The Morgan fingerprint density at radius 1 is 1.22 bits per heavy atom. The van der Waals surface area contributed by atoms with Crippen LogP contribution in [0.2, 0.25) is 0 Å². The number of hydrogen-bond acceptors (Lipinski definition) is 3. The lowest BCUT2D eigenvalue weighted by molar-refractivity contribution is -0.136. The Balaban J connectivity index is 1.62. The fourth-order valence-corrected chi connectivity index (χ4v) is 3.49. The second-order valence-electron chi connectivity index (χ2n) is 7.41. The van der Waals surface area contributed by atoms with Gasteiger partial charge in [0.1, 0.15) is 0 Å². The van der Waals surface area contributed by atoms with Crippen LogP contribution in [0, 0.1) is 5.92 Å². The van der Waals surface area contributed by atoms with Crippen LogP contribution >= 0.6 is 0 Å². The van der Waals surface area contributed by atoms with Crippen molar-refractivity contribution >= 4 is 5.91 Å². The number of carbonyl (C=O) groups excluding carboxylic acids is 1. The number of benzene rings is 1. The highest BCUT2D eigenvalue weighted by Crippen LogP contribution is 2.32. The van der Waals surface area contributed by atoms with Crippen molar-refractivity contribution in [1.29, 1.82) is 0 Å². The molecule has 4 nitrogen and oxygen atoms in total. The monoisotopic (exact) mass is 315 g/mol. The molecule has 2 fully saturated rings. The zero-order valence-corrected chi connectivity index (χ0v) is 14.3. The maximum atomic E-state index is 12.8. The molecule has 0 radical (unpaired) electrons. The van der Waals surface area contributed by atoms with Crippen LogP contribution < -0.4 is 5.73 Å². The zero-order valence-electron chi connectivity index (χ0n) is 14.3. The summed E-state index contributed by atoms with van der Waals surface area (Å²) in [6.07, 6.45) is 3.36. The second-order valence-corrected chi connectivity index (χ2v) is 7.41. The van der Waals surface area contributed by atoms with Crippen LogP contribution in [-0.4, -0.2) is 46.9 Å². The molecule has 0 aromatic heterocycles. The lowest BCUT2D eigenvalue weighted by Gasteiger charge is -2.32. The van der Waals surface area contributed by atoms with Crippen LogP contribution in [-0.2, 0) is 11.3 Å². The predicted octanol–water partition coefficient (Wildman–Crippen LogP) is 2.24. The molecule has 126 valence electrons. The van der Waals surface area contributed by atoms with E-state index in [0.29, 0.717) is 12.1 Å². The molecule has 1 aromatic rings. The SMILES string of the molecule is CC(C)[C@H](N)C(=O)N(C1CC1)[C@H]1CCN(Cc2ccccc2)C1. The van der Waals surface area contributed by atoms with E-state index < -0.39 is 0 Å². The third-order valence-corrected chi connectivity index (χ3v) is 5.09. The van der Waals surface area contributed by atoms with Gasteiger partial charge in [0.25, 0.3) is 0 Å². The Hall–Kier alpha value is -1.39. The van der Waals surface area contributed by atoms with Gasteiger partial charge < -0.3 is 10.6 Å². The Morgan fingerprint density at radius 2 is 1.91 bits per heavy atom. The van der Waals surface area contributed by atoms with Crippen LogP contribution in [0.3, 0.4) is 0 Å². The number of nitrogens with two attached hydrogens (primary N) is 1. The average Bonchev–Trinajstić information content (AvgIpc) is 3.27. The zero-order chi connectivity index (χ0) is 16.4. The van der Waals surface area contributed by atoms with Crippen molar-refractivity contribution in [2.24, 2.45) is 11.7 Å². The largest absolute Gasteiger partial charge is 0.334 e. The summed E-state index contributed by atoms with van der Waals surface area (Å²) in [5, 5.41) is 0. The van der Waals surface area contributed by atoms with E-state index >= 15 is 0 Å². The molecule has 0 spiro atoms. The smallest absolute Gasteiger partial charge is 0.240 e. The fraction of sp³-hybridized carbons (Fsp3) is 0.632. The maximum absolute atomic E-state index is 12.8. The standard InChI is InChI=1S/C19H29N3O/c1-14(2)18(20)19(23)22(16-8-9-16)17-10-11-21(13-17)12-15-6-4-3-5-7-15/h3-7,14,16-18H,8-13,20H2,1-2H3/t17-,18-/m0/s1. The van der Waals surface area contributed by atoms with Gasteiger partial charge in [0.2, 0.25) is 5.91 Å². The van der Waals surface area contributed by atoms with Gasteiger partial charge in [-0.05, 0) is 30.7 Å². The van der Waals surface area contributed by atoms with Gasteiger partial charge in [-0.1, -0.05) is 44.2 Å². The van der Waals surface area contributed by atoms with E-state index in [1.807, 2.05) is 13.8 Å². The molecule has 1 heterocycles. The topological polar surface area (TPSA) is 49.6 Å². The molecule has 4 heteroatoms. The lowest BCUT2D eigenvalue weighted by Crippen LogP contribution is -2.52. The molecule has 1 aromatic carbocycles. The van der Waals surface area contributed by atoms with E-state index in [1.54, 1.807) is 0 Å². The average molecular weight is 315 g/mol. The number of nitrogens with zero attached hydrogens (tertiary/aromatic N) is 2. The molecule has 2 atom stereocenters. The van der Waals surface area contributed by atoms with Crippen molar-refractivity contribution in [3.63, 3.8) is 0 Å². The summed E-state index contributed by atoms with van der Waals surface area (Å²) in [4.78, 5) is 17.4. The first-order chi connectivity index (χ1) is 11.1. The minimum absolute atomic E-state index is 0.161. The summed E-state index contributed by atoms with van der Waals surface area (Å²) in [6, 6.07) is 11.0. The van der Waals surface area contributed by atoms with Gasteiger partial charge in [-0.2, -0.15) is 0 Å².